The highest BCUT2D eigenvalue weighted by Crippen LogP contribution is 2.29. The van der Waals surface area contributed by atoms with Gasteiger partial charge in [0.2, 0.25) is 0 Å². The zero-order chi connectivity index (χ0) is 13.1. The molecular formula is C11H6Cl3N3O. The van der Waals surface area contributed by atoms with Gasteiger partial charge in [-0.1, -0.05) is 40.9 Å². The fourth-order valence-corrected chi connectivity index (χ4v) is 1.67. The fraction of sp³-hybridized carbons (Fsp3) is 0. The summed E-state index contributed by atoms with van der Waals surface area (Å²) >= 11 is 17.4. The van der Waals surface area contributed by atoms with Crippen LogP contribution in [0, 0.1) is 0 Å². The van der Waals surface area contributed by atoms with E-state index in [1.807, 2.05) is 0 Å². The second-order valence-corrected chi connectivity index (χ2v) is 4.47. The van der Waals surface area contributed by atoms with Crippen molar-refractivity contribution in [2.45, 2.75) is 0 Å². The third kappa shape index (κ3) is 2.90. The van der Waals surface area contributed by atoms with Gasteiger partial charge in [-0.05, 0) is 24.3 Å². The first-order chi connectivity index (χ1) is 8.58. The Hall–Kier alpha value is -1.36. The molecule has 0 aliphatic carbocycles. The van der Waals surface area contributed by atoms with E-state index in [1.54, 1.807) is 18.2 Å². The van der Waals surface area contributed by atoms with Crippen molar-refractivity contribution in [3.63, 3.8) is 0 Å². The highest BCUT2D eigenvalue weighted by Gasteiger charge is 2.11. The summed E-state index contributed by atoms with van der Waals surface area (Å²) in [4.78, 5) is 11.8. The van der Waals surface area contributed by atoms with Gasteiger partial charge >= 0.3 is 0 Å². The average molecular weight is 303 g/mol. The molecule has 7 heteroatoms. The Morgan fingerprint density at radius 3 is 2.50 bits per heavy atom. The van der Waals surface area contributed by atoms with Crippen molar-refractivity contribution in [1.29, 1.82) is 0 Å². The van der Waals surface area contributed by atoms with E-state index in [2.05, 4.69) is 15.5 Å². The van der Waals surface area contributed by atoms with E-state index in [1.165, 1.54) is 12.1 Å². The molecule has 1 amide bonds. The van der Waals surface area contributed by atoms with Gasteiger partial charge < -0.3 is 5.32 Å². The predicted molar refractivity (Wildman–Crippen MR) is 71.5 cm³/mol. The van der Waals surface area contributed by atoms with Gasteiger partial charge in [-0.2, -0.15) is 0 Å². The molecule has 1 N–H and O–H groups in total. The van der Waals surface area contributed by atoms with Gasteiger partial charge in [0.05, 0.1) is 15.7 Å². The van der Waals surface area contributed by atoms with E-state index in [0.29, 0.717) is 10.7 Å². The van der Waals surface area contributed by atoms with Crippen molar-refractivity contribution in [2.75, 3.05) is 5.32 Å². The fourth-order valence-electron chi connectivity index (χ4n) is 1.22. The maximum absolute atomic E-state index is 11.8. The number of carbonyl (C=O) groups excluding carboxylic acids is 1. The first kappa shape index (κ1) is 13.1. The van der Waals surface area contributed by atoms with Crippen LogP contribution in [0.3, 0.4) is 0 Å². The lowest BCUT2D eigenvalue weighted by molar-refractivity contribution is 0.102. The lowest BCUT2D eigenvalue weighted by Gasteiger charge is -2.07. The van der Waals surface area contributed by atoms with Crippen molar-refractivity contribution in [3.05, 3.63) is 51.2 Å². The Morgan fingerprint density at radius 2 is 1.83 bits per heavy atom. The molecule has 2 rings (SSSR count). The van der Waals surface area contributed by atoms with Crippen molar-refractivity contribution < 1.29 is 4.79 Å². The van der Waals surface area contributed by atoms with Gasteiger partial charge in [0.1, 0.15) is 0 Å². The van der Waals surface area contributed by atoms with Crippen LogP contribution < -0.4 is 5.32 Å². The molecule has 18 heavy (non-hydrogen) atoms. The van der Waals surface area contributed by atoms with Crippen LogP contribution >= 0.6 is 34.8 Å². The van der Waals surface area contributed by atoms with Crippen LogP contribution in [0.4, 0.5) is 5.69 Å². The Labute approximate surface area is 118 Å². The summed E-state index contributed by atoms with van der Waals surface area (Å²) in [6, 6.07) is 7.88. The molecule has 0 saturated carbocycles. The van der Waals surface area contributed by atoms with Crippen LogP contribution in [0.25, 0.3) is 0 Å². The number of anilines is 1. The Kier molecular flexibility index (Phi) is 4.01. The minimum atomic E-state index is -0.441. The zero-order valence-electron chi connectivity index (χ0n) is 8.82. The molecule has 1 aromatic carbocycles. The first-order valence-corrected chi connectivity index (χ1v) is 5.96. The Balaban J connectivity index is 2.21. The summed E-state index contributed by atoms with van der Waals surface area (Å²) < 4.78 is 0. The second-order valence-electron chi connectivity index (χ2n) is 3.30. The van der Waals surface area contributed by atoms with Crippen LogP contribution in [-0.4, -0.2) is 16.1 Å². The van der Waals surface area contributed by atoms with Gasteiger partial charge in [0.15, 0.2) is 10.8 Å². The molecular weight excluding hydrogens is 296 g/mol. The number of carbonyl (C=O) groups is 1. The quantitative estimate of drug-likeness (QED) is 0.920. The highest BCUT2D eigenvalue weighted by molar-refractivity contribution is 6.44. The number of nitrogens with zero attached hydrogens (tertiary/aromatic N) is 2. The van der Waals surface area contributed by atoms with E-state index in [0.717, 1.165) is 0 Å². The molecule has 0 bridgehead atoms. The lowest BCUT2D eigenvalue weighted by atomic mass is 10.3. The molecule has 4 nitrogen and oxygen atoms in total. The molecule has 2 aromatic rings. The van der Waals surface area contributed by atoms with E-state index in [-0.39, 0.29) is 15.9 Å². The van der Waals surface area contributed by atoms with E-state index in [4.69, 9.17) is 34.8 Å². The summed E-state index contributed by atoms with van der Waals surface area (Å²) in [7, 11) is 0. The molecule has 1 heterocycles. The molecule has 0 unspecified atom stereocenters. The second kappa shape index (κ2) is 5.52. The molecule has 0 atom stereocenters. The maximum atomic E-state index is 11.8. The van der Waals surface area contributed by atoms with E-state index >= 15 is 0 Å². The van der Waals surface area contributed by atoms with Crippen LogP contribution in [0.5, 0.6) is 0 Å². The molecule has 0 aliphatic rings. The third-order valence-corrected chi connectivity index (χ3v) is 3.08. The minimum absolute atomic E-state index is 0.135. The molecule has 1 aromatic heterocycles. The molecule has 0 fully saturated rings. The van der Waals surface area contributed by atoms with E-state index in [9.17, 15) is 4.79 Å². The number of hydrogen-bond acceptors (Lipinski definition) is 3. The zero-order valence-corrected chi connectivity index (χ0v) is 11.1. The summed E-state index contributed by atoms with van der Waals surface area (Å²) in [5, 5.41) is 10.7. The van der Waals surface area contributed by atoms with Crippen molar-refractivity contribution >= 4 is 46.4 Å². The SMILES string of the molecule is O=C(Nc1cccc(Cl)c1Cl)c1ccc(Cl)nn1. The lowest BCUT2D eigenvalue weighted by Crippen LogP contribution is -2.14. The number of benzene rings is 1. The first-order valence-electron chi connectivity index (χ1n) is 4.82. The summed E-state index contributed by atoms with van der Waals surface area (Å²) in [5.41, 5.74) is 0.543. The van der Waals surface area contributed by atoms with Gasteiger partial charge in [0.25, 0.3) is 5.91 Å². The van der Waals surface area contributed by atoms with Crippen molar-refractivity contribution in [2.24, 2.45) is 0 Å². The smallest absolute Gasteiger partial charge is 0.276 e. The molecule has 0 aliphatic heterocycles. The Bertz CT molecular complexity index is 587. The van der Waals surface area contributed by atoms with Gasteiger partial charge in [-0.3, -0.25) is 4.79 Å². The monoisotopic (exact) mass is 301 g/mol. The topological polar surface area (TPSA) is 54.9 Å². The number of hydrogen-bond donors (Lipinski definition) is 1. The molecule has 0 radical (unpaired) electrons. The molecule has 0 spiro atoms. The summed E-state index contributed by atoms with van der Waals surface area (Å²) in [6.45, 7) is 0. The molecule has 92 valence electrons. The van der Waals surface area contributed by atoms with Crippen molar-refractivity contribution in [3.8, 4) is 0 Å². The summed E-state index contributed by atoms with van der Waals surface area (Å²) in [6.07, 6.45) is 0. The van der Waals surface area contributed by atoms with Crippen LogP contribution in [0.15, 0.2) is 30.3 Å². The third-order valence-electron chi connectivity index (χ3n) is 2.06. The van der Waals surface area contributed by atoms with Crippen LogP contribution in [0.1, 0.15) is 10.5 Å². The van der Waals surface area contributed by atoms with Crippen LogP contribution in [-0.2, 0) is 0 Å². The number of aromatic nitrogens is 2. The van der Waals surface area contributed by atoms with Crippen LogP contribution in [0.2, 0.25) is 15.2 Å². The number of halogens is 3. The van der Waals surface area contributed by atoms with Gasteiger partial charge in [-0.15, -0.1) is 10.2 Å². The number of amides is 1. The maximum Gasteiger partial charge on any atom is 0.276 e. The van der Waals surface area contributed by atoms with Crippen molar-refractivity contribution in [1.82, 2.24) is 10.2 Å². The predicted octanol–water partition coefficient (Wildman–Crippen LogP) is 3.69. The van der Waals surface area contributed by atoms with E-state index < -0.39 is 5.91 Å². The highest BCUT2D eigenvalue weighted by atomic mass is 35.5. The standard InChI is InChI=1S/C11H6Cl3N3O/c12-6-2-1-3-7(10(6)14)15-11(18)8-4-5-9(13)17-16-8/h1-5H,(H,15,18). The number of nitrogens with one attached hydrogen (secondary N) is 1. The minimum Gasteiger partial charge on any atom is -0.319 e. The summed E-state index contributed by atoms with van der Waals surface area (Å²) in [5.74, 6) is -0.441. The molecule has 0 saturated heterocycles. The average Bonchev–Trinajstić information content (AvgIpc) is 2.36. The largest absolute Gasteiger partial charge is 0.319 e. The normalized spacial score (nSPS) is 10.2. The van der Waals surface area contributed by atoms with Gasteiger partial charge in [-0.25, -0.2) is 0 Å². The van der Waals surface area contributed by atoms with Gasteiger partial charge in [0, 0.05) is 0 Å². The Morgan fingerprint density at radius 1 is 1.06 bits per heavy atom. The number of rotatable bonds is 2.